The molecule has 1 aliphatic rings. The van der Waals surface area contributed by atoms with Crippen LogP contribution >= 0.6 is 11.3 Å². The number of likely N-dealkylation sites (tertiary alicyclic amines) is 1. The van der Waals surface area contributed by atoms with Gasteiger partial charge in [0.05, 0.1) is 17.1 Å². The molecule has 1 aromatic heterocycles. The monoisotopic (exact) mass is 348 g/mol. The molecular weight excluding hydrogens is 327 g/mol. The summed E-state index contributed by atoms with van der Waals surface area (Å²) in [7, 11) is 0. The Labute approximate surface area is 145 Å². The molecule has 24 heavy (non-hydrogen) atoms. The molecule has 0 bridgehead atoms. The van der Waals surface area contributed by atoms with Crippen molar-refractivity contribution in [3.05, 3.63) is 51.2 Å². The van der Waals surface area contributed by atoms with E-state index in [9.17, 15) is 9.18 Å². The van der Waals surface area contributed by atoms with Crippen LogP contribution in [0.1, 0.15) is 40.6 Å². The third kappa shape index (κ3) is 4.39. The molecule has 6 heteroatoms. The van der Waals surface area contributed by atoms with Gasteiger partial charge in [0, 0.05) is 17.8 Å². The van der Waals surface area contributed by atoms with E-state index in [4.69, 9.17) is 5.11 Å². The lowest BCUT2D eigenvalue weighted by Gasteiger charge is -2.31. The average molecular weight is 348 g/mol. The number of halogens is 1. The molecule has 1 fully saturated rings. The van der Waals surface area contributed by atoms with Crippen LogP contribution in [0.15, 0.2) is 23.6 Å². The maximum Gasteiger partial charge on any atom is 0.309 e. The first-order valence-electron chi connectivity index (χ1n) is 8.14. The Morgan fingerprint density at radius 2 is 2.12 bits per heavy atom. The molecule has 0 saturated carbocycles. The molecule has 0 spiro atoms. The van der Waals surface area contributed by atoms with Gasteiger partial charge in [-0.15, -0.1) is 11.3 Å². The maximum absolute atomic E-state index is 13.5. The molecule has 1 aliphatic heterocycles. The second-order valence-electron chi connectivity index (χ2n) is 6.43. The van der Waals surface area contributed by atoms with Gasteiger partial charge in [0.25, 0.3) is 0 Å². The van der Waals surface area contributed by atoms with Crippen molar-refractivity contribution in [2.24, 2.45) is 0 Å². The van der Waals surface area contributed by atoms with Crippen LogP contribution in [0, 0.1) is 12.7 Å². The first-order valence-corrected chi connectivity index (χ1v) is 9.02. The van der Waals surface area contributed by atoms with Crippen molar-refractivity contribution < 1.29 is 14.3 Å². The van der Waals surface area contributed by atoms with Crippen LogP contribution in [0.5, 0.6) is 0 Å². The van der Waals surface area contributed by atoms with Crippen LogP contribution in [0.3, 0.4) is 0 Å². The highest BCUT2D eigenvalue weighted by Gasteiger charge is 2.23. The van der Waals surface area contributed by atoms with Gasteiger partial charge in [-0.1, -0.05) is 6.07 Å². The quantitative estimate of drug-likeness (QED) is 0.897. The van der Waals surface area contributed by atoms with Crippen LogP contribution < -0.4 is 0 Å². The van der Waals surface area contributed by atoms with E-state index in [0.717, 1.165) is 48.6 Å². The Kier molecular flexibility index (Phi) is 5.26. The first kappa shape index (κ1) is 17.0. The van der Waals surface area contributed by atoms with Gasteiger partial charge in [0.1, 0.15) is 5.82 Å². The van der Waals surface area contributed by atoms with Gasteiger partial charge < -0.3 is 5.11 Å². The number of hydrogen-bond donors (Lipinski definition) is 1. The SMILES string of the molecule is Cc1cc(F)cc(CN2CCC(c3nc(CC(=O)O)cs3)CC2)c1. The number of aryl methyl sites for hydroxylation is 1. The minimum absolute atomic E-state index is 0.00569. The lowest BCUT2D eigenvalue weighted by Crippen LogP contribution is -2.32. The van der Waals surface area contributed by atoms with E-state index in [-0.39, 0.29) is 12.2 Å². The minimum Gasteiger partial charge on any atom is -0.481 e. The van der Waals surface area contributed by atoms with Gasteiger partial charge in [0.2, 0.25) is 0 Å². The second kappa shape index (κ2) is 7.40. The summed E-state index contributed by atoms with van der Waals surface area (Å²) < 4.78 is 13.5. The highest BCUT2D eigenvalue weighted by atomic mass is 32.1. The number of carbonyl (C=O) groups is 1. The largest absolute Gasteiger partial charge is 0.481 e. The molecule has 4 nitrogen and oxygen atoms in total. The fraction of sp³-hybridized carbons (Fsp3) is 0.444. The van der Waals surface area contributed by atoms with E-state index >= 15 is 0 Å². The first-order chi connectivity index (χ1) is 11.5. The Morgan fingerprint density at radius 3 is 2.79 bits per heavy atom. The molecule has 1 saturated heterocycles. The van der Waals surface area contributed by atoms with E-state index in [1.807, 2.05) is 18.4 Å². The standard InChI is InChI=1S/C18H21FN2O2S/c1-12-6-13(8-15(19)7-12)10-21-4-2-14(3-5-21)18-20-16(11-24-18)9-17(22)23/h6-8,11,14H,2-5,9-10H2,1H3,(H,22,23). The molecule has 0 aliphatic carbocycles. The summed E-state index contributed by atoms with van der Waals surface area (Å²) in [6.45, 7) is 4.59. The zero-order chi connectivity index (χ0) is 17.1. The van der Waals surface area contributed by atoms with Crippen LogP contribution in [-0.4, -0.2) is 34.0 Å². The number of hydrogen-bond acceptors (Lipinski definition) is 4. The molecule has 1 aromatic carbocycles. The molecule has 0 atom stereocenters. The third-order valence-corrected chi connectivity index (χ3v) is 5.40. The molecule has 0 radical (unpaired) electrons. The molecule has 3 rings (SSSR count). The van der Waals surface area contributed by atoms with Crippen LogP contribution in [-0.2, 0) is 17.8 Å². The van der Waals surface area contributed by atoms with Gasteiger partial charge in [0.15, 0.2) is 0 Å². The lowest BCUT2D eigenvalue weighted by atomic mass is 9.97. The van der Waals surface area contributed by atoms with E-state index < -0.39 is 5.97 Å². The number of piperidine rings is 1. The van der Waals surface area contributed by atoms with Crippen molar-refractivity contribution in [2.45, 2.75) is 38.6 Å². The third-order valence-electron chi connectivity index (χ3n) is 4.35. The topological polar surface area (TPSA) is 53.4 Å². The zero-order valence-electron chi connectivity index (χ0n) is 13.7. The molecule has 128 valence electrons. The minimum atomic E-state index is -0.841. The second-order valence-corrected chi connectivity index (χ2v) is 7.32. The van der Waals surface area contributed by atoms with Crippen molar-refractivity contribution in [1.82, 2.24) is 9.88 Å². The normalized spacial score (nSPS) is 16.4. The summed E-state index contributed by atoms with van der Waals surface area (Å²) in [4.78, 5) is 17.6. The molecular formula is C18H21FN2O2S. The van der Waals surface area contributed by atoms with Gasteiger partial charge in [-0.2, -0.15) is 0 Å². The van der Waals surface area contributed by atoms with E-state index in [0.29, 0.717) is 11.6 Å². The molecule has 2 aromatic rings. The summed E-state index contributed by atoms with van der Waals surface area (Å²) in [6.07, 6.45) is 2.01. The van der Waals surface area contributed by atoms with E-state index in [2.05, 4.69) is 9.88 Å². The van der Waals surface area contributed by atoms with Gasteiger partial charge in [-0.05, 0) is 56.1 Å². The summed E-state index contributed by atoms with van der Waals surface area (Å²) >= 11 is 1.56. The van der Waals surface area contributed by atoms with Crippen molar-refractivity contribution in [3.8, 4) is 0 Å². The van der Waals surface area contributed by atoms with Gasteiger partial charge >= 0.3 is 5.97 Å². The zero-order valence-corrected chi connectivity index (χ0v) is 14.5. The smallest absolute Gasteiger partial charge is 0.309 e. The molecule has 0 unspecified atom stereocenters. The molecule has 0 amide bonds. The van der Waals surface area contributed by atoms with Gasteiger partial charge in [-0.25, -0.2) is 9.37 Å². The number of nitrogens with zero attached hydrogens (tertiary/aromatic N) is 2. The summed E-state index contributed by atoms with van der Waals surface area (Å²) in [5.74, 6) is -0.608. The molecule has 1 N–H and O–H groups in total. The predicted molar refractivity (Wildman–Crippen MR) is 91.8 cm³/mol. The Balaban J connectivity index is 1.55. The average Bonchev–Trinajstić information content (AvgIpc) is 2.94. The number of benzene rings is 1. The van der Waals surface area contributed by atoms with E-state index in [1.165, 1.54) is 0 Å². The van der Waals surface area contributed by atoms with E-state index in [1.54, 1.807) is 23.5 Å². The Bertz CT molecular complexity index is 703. The van der Waals surface area contributed by atoms with Gasteiger partial charge in [-0.3, -0.25) is 9.69 Å². The predicted octanol–water partition coefficient (Wildman–Crippen LogP) is 3.60. The highest BCUT2D eigenvalue weighted by molar-refractivity contribution is 7.09. The van der Waals surface area contributed by atoms with Crippen LogP contribution in [0.2, 0.25) is 0 Å². The number of rotatable bonds is 5. The Hall–Kier alpha value is -1.79. The molecule has 2 heterocycles. The Morgan fingerprint density at radius 1 is 1.38 bits per heavy atom. The number of thiazole rings is 1. The van der Waals surface area contributed by atoms with Crippen molar-refractivity contribution >= 4 is 17.3 Å². The van der Waals surface area contributed by atoms with Crippen molar-refractivity contribution in [1.29, 1.82) is 0 Å². The fourth-order valence-electron chi connectivity index (χ4n) is 3.25. The summed E-state index contributed by atoms with van der Waals surface area (Å²) in [5, 5.41) is 11.7. The summed E-state index contributed by atoms with van der Waals surface area (Å²) in [5.41, 5.74) is 2.62. The maximum atomic E-state index is 13.5. The number of aliphatic carboxylic acids is 1. The number of carboxylic acid groups (broad SMARTS) is 1. The van der Waals surface area contributed by atoms with Crippen molar-refractivity contribution in [3.63, 3.8) is 0 Å². The van der Waals surface area contributed by atoms with Crippen LogP contribution in [0.4, 0.5) is 4.39 Å². The summed E-state index contributed by atoms with van der Waals surface area (Å²) in [6, 6.07) is 5.19. The van der Waals surface area contributed by atoms with Crippen LogP contribution in [0.25, 0.3) is 0 Å². The fourth-order valence-corrected chi connectivity index (χ4v) is 4.24. The lowest BCUT2D eigenvalue weighted by molar-refractivity contribution is -0.136. The highest BCUT2D eigenvalue weighted by Crippen LogP contribution is 2.31. The number of carboxylic acids is 1. The van der Waals surface area contributed by atoms with Crippen molar-refractivity contribution in [2.75, 3.05) is 13.1 Å². The number of aromatic nitrogens is 1.